The van der Waals surface area contributed by atoms with Gasteiger partial charge in [-0.3, -0.25) is 0 Å². The fraction of sp³-hybridized carbons (Fsp3) is 0.231. The molecule has 0 saturated heterocycles. The maximum absolute atomic E-state index is 8.69. The molecule has 4 heteroatoms. The fourth-order valence-electron chi connectivity index (χ4n) is 1.43. The standard InChI is InChI=1S/C13H13N3S/c1-2-12-8-16-13(17-12)9-15-11-5-3-10(7-14)4-6-11/h3-6,8,15H,2,9H2,1H3. The summed E-state index contributed by atoms with van der Waals surface area (Å²) in [5.74, 6) is 0. The zero-order valence-electron chi connectivity index (χ0n) is 9.60. The summed E-state index contributed by atoms with van der Waals surface area (Å²) in [5, 5.41) is 13.1. The van der Waals surface area contributed by atoms with Crippen molar-refractivity contribution in [2.45, 2.75) is 19.9 Å². The van der Waals surface area contributed by atoms with Gasteiger partial charge in [-0.2, -0.15) is 5.26 Å². The summed E-state index contributed by atoms with van der Waals surface area (Å²) in [6.45, 7) is 2.86. The van der Waals surface area contributed by atoms with Gasteiger partial charge in [0, 0.05) is 16.8 Å². The second kappa shape index (κ2) is 5.46. The molecule has 17 heavy (non-hydrogen) atoms. The van der Waals surface area contributed by atoms with Gasteiger partial charge in [-0.15, -0.1) is 11.3 Å². The Kier molecular flexibility index (Phi) is 3.73. The van der Waals surface area contributed by atoms with E-state index in [1.807, 2.05) is 30.5 Å². The van der Waals surface area contributed by atoms with Crippen molar-refractivity contribution >= 4 is 17.0 Å². The molecule has 1 aromatic carbocycles. The van der Waals surface area contributed by atoms with Gasteiger partial charge in [-0.05, 0) is 30.7 Å². The lowest BCUT2D eigenvalue weighted by Crippen LogP contribution is -1.98. The second-order valence-electron chi connectivity index (χ2n) is 3.62. The van der Waals surface area contributed by atoms with Crippen LogP contribution in [0.2, 0.25) is 0 Å². The van der Waals surface area contributed by atoms with Gasteiger partial charge in [0.2, 0.25) is 0 Å². The smallest absolute Gasteiger partial charge is 0.112 e. The number of aryl methyl sites for hydroxylation is 1. The highest BCUT2D eigenvalue weighted by Gasteiger charge is 2.00. The maximum atomic E-state index is 8.69. The van der Waals surface area contributed by atoms with Gasteiger partial charge in [0.15, 0.2) is 0 Å². The van der Waals surface area contributed by atoms with E-state index >= 15 is 0 Å². The van der Waals surface area contributed by atoms with Crippen molar-refractivity contribution in [1.29, 1.82) is 5.26 Å². The van der Waals surface area contributed by atoms with E-state index in [0.717, 1.165) is 23.7 Å². The van der Waals surface area contributed by atoms with Crippen molar-refractivity contribution in [3.63, 3.8) is 0 Å². The van der Waals surface area contributed by atoms with Crippen LogP contribution < -0.4 is 5.32 Å². The molecule has 1 N–H and O–H groups in total. The van der Waals surface area contributed by atoms with Crippen LogP contribution in [0.4, 0.5) is 5.69 Å². The van der Waals surface area contributed by atoms with Gasteiger partial charge in [0.25, 0.3) is 0 Å². The minimum atomic E-state index is 0.679. The number of thiazole rings is 1. The molecular formula is C13H13N3S. The quantitative estimate of drug-likeness (QED) is 0.897. The van der Waals surface area contributed by atoms with Crippen molar-refractivity contribution in [2.75, 3.05) is 5.32 Å². The Morgan fingerprint density at radius 2 is 2.12 bits per heavy atom. The predicted octanol–water partition coefficient (Wildman–Crippen LogP) is 3.19. The van der Waals surface area contributed by atoms with Crippen LogP contribution in [-0.4, -0.2) is 4.98 Å². The van der Waals surface area contributed by atoms with Crippen molar-refractivity contribution in [3.8, 4) is 6.07 Å². The molecule has 0 aliphatic rings. The molecule has 0 radical (unpaired) electrons. The van der Waals surface area contributed by atoms with E-state index in [1.54, 1.807) is 11.3 Å². The monoisotopic (exact) mass is 243 g/mol. The summed E-state index contributed by atoms with van der Waals surface area (Å²) in [4.78, 5) is 5.65. The first-order chi connectivity index (χ1) is 8.31. The number of nitrogens with one attached hydrogen (secondary N) is 1. The third-order valence-corrected chi connectivity index (χ3v) is 3.55. The Balaban J connectivity index is 1.95. The predicted molar refractivity (Wildman–Crippen MR) is 70.0 cm³/mol. The third-order valence-electron chi connectivity index (χ3n) is 2.41. The molecule has 0 spiro atoms. The van der Waals surface area contributed by atoms with Crippen molar-refractivity contribution in [2.24, 2.45) is 0 Å². The Bertz CT molecular complexity index is 522. The van der Waals surface area contributed by atoms with E-state index in [-0.39, 0.29) is 0 Å². The Labute approximate surface area is 105 Å². The van der Waals surface area contributed by atoms with Gasteiger partial charge in [-0.25, -0.2) is 4.98 Å². The molecule has 0 saturated carbocycles. The van der Waals surface area contributed by atoms with E-state index in [2.05, 4.69) is 23.3 Å². The van der Waals surface area contributed by atoms with Gasteiger partial charge in [-0.1, -0.05) is 6.92 Å². The van der Waals surface area contributed by atoms with Crippen molar-refractivity contribution in [3.05, 3.63) is 45.9 Å². The van der Waals surface area contributed by atoms with E-state index in [1.165, 1.54) is 4.88 Å². The Morgan fingerprint density at radius 3 is 2.71 bits per heavy atom. The van der Waals surface area contributed by atoms with E-state index in [9.17, 15) is 0 Å². The third kappa shape index (κ3) is 3.05. The number of nitriles is 1. The van der Waals surface area contributed by atoms with Crippen LogP contribution in [0.5, 0.6) is 0 Å². The molecule has 86 valence electrons. The number of anilines is 1. The highest BCUT2D eigenvalue weighted by atomic mass is 32.1. The number of aromatic nitrogens is 1. The lowest BCUT2D eigenvalue weighted by molar-refractivity contribution is 1.09. The van der Waals surface area contributed by atoms with Crippen LogP contribution in [0.25, 0.3) is 0 Å². The number of benzene rings is 1. The number of rotatable bonds is 4. The van der Waals surface area contributed by atoms with Crippen LogP contribution in [-0.2, 0) is 13.0 Å². The topological polar surface area (TPSA) is 48.7 Å². The van der Waals surface area contributed by atoms with Crippen LogP contribution in [0, 0.1) is 11.3 Å². The number of hydrogen-bond donors (Lipinski definition) is 1. The van der Waals surface area contributed by atoms with Crippen LogP contribution >= 0.6 is 11.3 Å². The first-order valence-corrected chi connectivity index (χ1v) is 6.31. The first-order valence-electron chi connectivity index (χ1n) is 5.49. The zero-order valence-corrected chi connectivity index (χ0v) is 10.4. The van der Waals surface area contributed by atoms with Gasteiger partial charge < -0.3 is 5.32 Å². The van der Waals surface area contributed by atoms with Gasteiger partial charge >= 0.3 is 0 Å². The molecule has 0 amide bonds. The van der Waals surface area contributed by atoms with Crippen molar-refractivity contribution < 1.29 is 0 Å². The minimum Gasteiger partial charge on any atom is -0.379 e. The first kappa shape index (κ1) is 11.6. The molecule has 1 aromatic heterocycles. The molecule has 2 rings (SSSR count). The summed E-state index contributed by atoms with van der Waals surface area (Å²) < 4.78 is 0. The summed E-state index contributed by atoms with van der Waals surface area (Å²) >= 11 is 1.73. The molecule has 0 bridgehead atoms. The molecule has 0 aliphatic heterocycles. The SMILES string of the molecule is CCc1cnc(CNc2ccc(C#N)cc2)s1. The average molecular weight is 243 g/mol. The molecule has 1 heterocycles. The molecule has 0 unspecified atom stereocenters. The highest BCUT2D eigenvalue weighted by molar-refractivity contribution is 7.11. The van der Waals surface area contributed by atoms with Crippen LogP contribution in [0.15, 0.2) is 30.5 Å². The lowest BCUT2D eigenvalue weighted by Gasteiger charge is -2.03. The Morgan fingerprint density at radius 1 is 1.35 bits per heavy atom. The summed E-state index contributed by atoms with van der Waals surface area (Å²) in [6.07, 6.45) is 2.97. The molecule has 2 aromatic rings. The van der Waals surface area contributed by atoms with E-state index < -0.39 is 0 Å². The summed E-state index contributed by atoms with van der Waals surface area (Å²) in [6, 6.07) is 9.53. The molecular weight excluding hydrogens is 230 g/mol. The maximum Gasteiger partial charge on any atom is 0.112 e. The average Bonchev–Trinajstić information content (AvgIpc) is 2.85. The van der Waals surface area contributed by atoms with Gasteiger partial charge in [0.1, 0.15) is 5.01 Å². The largest absolute Gasteiger partial charge is 0.379 e. The fourth-order valence-corrected chi connectivity index (χ4v) is 2.24. The van der Waals surface area contributed by atoms with E-state index in [0.29, 0.717) is 5.56 Å². The molecule has 0 atom stereocenters. The molecule has 3 nitrogen and oxygen atoms in total. The van der Waals surface area contributed by atoms with E-state index in [4.69, 9.17) is 5.26 Å². The lowest BCUT2D eigenvalue weighted by atomic mass is 10.2. The molecule has 0 fully saturated rings. The number of nitrogens with zero attached hydrogens (tertiary/aromatic N) is 2. The summed E-state index contributed by atoms with van der Waals surface area (Å²) in [7, 11) is 0. The number of hydrogen-bond acceptors (Lipinski definition) is 4. The molecule has 0 aliphatic carbocycles. The van der Waals surface area contributed by atoms with Crippen LogP contribution in [0.3, 0.4) is 0 Å². The van der Waals surface area contributed by atoms with Crippen molar-refractivity contribution in [1.82, 2.24) is 4.98 Å². The Hall–Kier alpha value is -1.86. The summed E-state index contributed by atoms with van der Waals surface area (Å²) in [5.41, 5.74) is 1.69. The zero-order chi connectivity index (χ0) is 12.1. The second-order valence-corrected chi connectivity index (χ2v) is 4.82. The van der Waals surface area contributed by atoms with Crippen LogP contribution in [0.1, 0.15) is 22.4 Å². The normalized spacial score (nSPS) is 9.88. The highest BCUT2D eigenvalue weighted by Crippen LogP contribution is 2.15. The van der Waals surface area contributed by atoms with Gasteiger partial charge in [0.05, 0.1) is 18.2 Å². The minimum absolute atomic E-state index is 0.679.